The number of benzene rings is 1. The van der Waals surface area contributed by atoms with Crippen molar-refractivity contribution < 1.29 is 18.9 Å². The van der Waals surface area contributed by atoms with E-state index in [-0.39, 0.29) is 12.5 Å². The molecular weight excluding hydrogens is 382 g/mol. The molecule has 1 aromatic rings. The zero-order valence-electron chi connectivity index (χ0n) is 15.9. The van der Waals surface area contributed by atoms with Gasteiger partial charge in [0.25, 0.3) is 5.91 Å². The van der Waals surface area contributed by atoms with Gasteiger partial charge in [0.15, 0.2) is 0 Å². The van der Waals surface area contributed by atoms with Crippen molar-refractivity contribution in [2.75, 3.05) is 38.7 Å². The molecule has 1 saturated heterocycles. The third kappa shape index (κ3) is 2.84. The fourth-order valence-electron chi connectivity index (χ4n) is 3.65. The second kappa shape index (κ2) is 6.94. The van der Waals surface area contributed by atoms with Gasteiger partial charge in [0.05, 0.1) is 20.2 Å². The molecular formula is C19H21ClN5O3+. The largest absolute Gasteiger partial charge is 0.497 e. The van der Waals surface area contributed by atoms with Crippen molar-refractivity contribution in [3.63, 3.8) is 0 Å². The maximum atomic E-state index is 13.1. The van der Waals surface area contributed by atoms with Crippen LogP contribution in [0.4, 0.5) is 10.5 Å². The van der Waals surface area contributed by atoms with E-state index in [0.29, 0.717) is 29.9 Å². The van der Waals surface area contributed by atoms with Crippen molar-refractivity contribution in [1.29, 1.82) is 0 Å². The summed E-state index contributed by atoms with van der Waals surface area (Å²) < 4.78 is 7.17. The lowest BCUT2D eigenvalue weighted by Gasteiger charge is -2.33. The number of carbonyl (C=O) groups excluding carboxylic acids is 2. The lowest BCUT2D eigenvalue weighted by Crippen LogP contribution is -2.62. The van der Waals surface area contributed by atoms with Crippen LogP contribution in [-0.4, -0.2) is 77.9 Å². The van der Waals surface area contributed by atoms with Crippen LogP contribution < -0.4 is 9.64 Å². The summed E-state index contributed by atoms with van der Waals surface area (Å²) in [5, 5.41) is 0.535. The molecule has 3 aliphatic heterocycles. The smallest absolute Gasteiger partial charge is 0.397 e. The van der Waals surface area contributed by atoms with Crippen molar-refractivity contribution in [3.8, 4) is 5.75 Å². The maximum Gasteiger partial charge on any atom is 0.397 e. The minimum absolute atomic E-state index is 0.145. The van der Waals surface area contributed by atoms with E-state index in [1.165, 1.54) is 9.80 Å². The van der Waals surface area contributed by atoms with Gasteiger partial charge in [0, 0.05) is 12.1 Å². The van der Waals surface area contributed by atoms with Crippen molar-refractivity contribution in [1.82, 2.24) is 9.80 Å². The Balaban J connectivity index is 1.67. The van der Waals surface area contributed by atoms with Crippen LogP contribution in [0.3, 0.4) is 0 Å². The molecule has 0 bridgehead atoms. The van der Waals surface area contributed by atoms with Gasteiger partial charge in [-0.15, -0.1) is 0 Å². The molecule has 1 unspecified atom stereocenters. The minimum atomic E-state index is -0.593. The Morgan fingerprint density at radius 3 is 2.71 bits per heavy atom. The number of amidine groups is 1. The highest BCUT2D eigenvalue weighted by Gasteiger charge is 2.55. The minimum Gasteiger partial charge on any atom is -0.497 e. The van der Waals surface area contributed by atoms with E-state index in [2.05, 4.69) is 4.99 Å². The first-order valence-corrected chi connectivity index (χ1v) is 9.35. The summed E-state index contributed by atoms with van der Waals surface area (Å²) >= 11 is 5.88. The number of halogens is 1. The Morgan fingerprint density at radius 2 is 2.07 bits per heavy atom. The van der Waals surface area contributed by atoms with Gasteiger partial charge in [-0.2, -0.15) is 0 Å². The molecule has 28 heavy (non-hydrogen) atoms. The third-order valence-electron chi connectivity index (χ3n) is 5.13. The molecule has 0 aliphatic carbocycles. The van der Waals surface area contributed by atoms with E-state index in [0.717, 1.165) is 11.4 Å². The molecule has 3 amide bonds. The van der Waals surface area contributed by atoms with Crippen LogP contribution in [0.5, 0.6) is 5.75 Å². The van der Waals surface area contributed by atoms with Crippen molar-refractivity contribution >= 4 is 41.0 Å². The molecule has 0 saturated carbocycles. The molecule has 0 radical (unpaired) electrons. The first kappa shape index (κ1) is 18.5. The fourth-order valence-corrected chi connectivity index (χ4v) is 3.72. The molecule has 0 aromatic heterocycles. The van der Waals surface area contributed by atoms with Crippen molar-refractivity contribution in [2.24, 2.45) is 4.99 Å². The van der Waals surface area contributed by atoms with Gasteiger partial charge >= 0.3 is 12.0 Å². The Hall–Kier alpha value is -2.87. The monoisotopic (exact) mass is 402 g/mol. The van der Waals surface area contributed by atoms with Crippen LogP contribution in [0, 0.1) is 0 Å². The molecule has 8 nitrogen and oxygen atoms in total. The van der Waals surface area contributed by atoms with E-state index in [1.54, 1.807) is 27.2 Å². The SMILES string of the molecule is COc1ccc(N2CC[N+]3=C2N=C2C3C(=O)N(C/C=C(/C)Cl)C(=O)N2C)cc1. The normalized spacial score (nSPS) is 22.0. The zero-order chi connectivity index (χ0) is 20.0. The summed E-state index contributed by atoms with van der Waals surface area (Å²) in [6.07, 6.45) is 1.65. The van der Waals surface area contributed by atoms with Gasteiger partial charge < -0.3 is 4.74 Å². The van der Waals surface area contributed by atoms with E-state index in [9.17, 15) is 9.59 Å². The number of aliphatic imine (C=N–C) groups is 1. The van der Waals surface area contributed by atoms with E-state index in [4.69, 9.17) is 16.3 Å². The molecule has 1 aromatic carbocycles. The van der Waals surface area contributed by atoms with Crippen LogP contribution in [-0.2, 0) is 4.79 Å². The number of rotatable bonds is 4. The Morgan fingerprint density at radius 1 is 1.36 bits per heavy atom. The summed E-state index contributed by atoms with van der Waals surface area (Å²) in [6, 6.07) is 6.69. The number of carbonyl (C=O) groups is 2. The van der Waals surface area contributed by atoms with Crippen LogP contribution in [0.15, 0.2) is 40.4 Å². The summed E-state index contributed by atoms with van der Waals surface area (Å²) in [7, 11) is 3.27. The van der Waals surface area contributed by atoms with Gasteiger partial charge in [0.1, 0.15) is 18.0 Å². The molecule has 1 atom stereocenters. The molecule has 3 heterocycles. The lowest BCUT2D eigenvalue weighted by atomic mass is 10.1. The number of fused-ring (bicyclic) bond motifs is 2. The number of nitrogens with zero attached hydrogens (tertiary/aromatic N) is 5. The highest BCUT2D eigenvalue weighted by Crippen LogP contribution is 2.28. The lowest BCUT2D eigenvalue weighted by molar-refractivity contribution is -0.525. The topological polar surface area (TPSA) is 68.5 Å². The first-order valence-electron chi connectivity index (χ1n) is 8.97. The summed E-state index contributed by atoms with van der Waals surface area (Å²) in [5.41, 5.74) is 0.959. The van der Waals surface area contributed by atoms with Crippen LogP contribution >= 0.6 is 11.6 Å². The summed E-state index contributed by atoms with van der Waals surface area (Å²) in [6.45, 7) is 3.21. The number of likely N-dealkylation sites (N-methyl/N-ethyl adjacent to an activating group) is 1. The van der Waals surface area contributed by atoms with Gasteiger partial charge in [-0.05, 0) is 31.2 Å². The van der Waals surface area contributed by atoms with Crippen LogP contribution in [0.2, 0.25) is 0 Å². The van der Waals surface area contributed by atoms with E-state index >= 15 is 0 Å². The number of anilines is 1. The van der Waals surface area contributed by atoms with Gasteiger partial charge in [0.2, 0.25) is 11.9 Å². The van der Waals surface area contributed by atoms with Gasteiger partial charge in [-0.25, -0.2) is 14.3 Å². The molecule has 0 N–H and O–H groups in total. The number of hydrogen-bond acceptors (Lipinski definition) is 5. The zero-order valence-corrected chi connectivity index (χ0v) is 16.7. The number of urea groups is 1. The molecule has 3 aliphatic rings. The van der Waals surface area contributed by atoms with Crippen molar-refractivity contribution in [3.05, 3.63) is 35.4 Å². The number of imide groups is 1. The Bertz CT molecular complexity index is 933. The summed E-state index contributed by atoms with van der Waals surface area (Å²) in [5.74, 6) is 1.65. The number of amides is 3. The third-order valence-corrected chi connectivity index (χ3v) is 5.29. The van der Waals surface area contributed by atoms with Crippen molar-refractivity contribution in [2.45, 2.75) is 13.0 Å². The predicted octanol–water partition coefficient (Wildman–Crippen LogP) is 1.70. The van der Waals surface area contributed by atoms with E-state index in [1.807, 2.05) is 33.7 Å². The Kier molecular flexibility index (Phi) is 4.58. The average molecular weight is 403 g/mol. The molecule has 4 rings (SSSR count). The van der Waals surface area contributed by atoms with Gasteiger partial charge in [-0.1, -0.05) is 22.7 Å². The highest BCUT2D eigenvalue weighted by atomic mass is 35.5. The summed E-state index contributed by atoms with van der Waals surface area (Å²) in [4.78, 5) is 35.1. The van der Waals surface area contributed by atoms with Gasteiger partial charge in [-0.3, -0.25) is 14.6 Å². The number of allylic oxidation sites excluding steroid dienone is 1. The molecule has 0 spiro atoms. The Labute approximate surface area is 167 Å². The molecule has 9 heteroatoms. The number of ether oxygens (including phenoxy) is 1. The number of methoxy groups -OCH3 is 1. The second-order valence-corrected chi connectivity index (χ2v) is 7.39. The first-order chi connectivity index (χ1) is 13.4. The number of guanidine groups is 1. The predicted molar refractivity (Wildman–Crippen MR) is 106 cm³/mol. The quantitative estimate of drug-likeness (QED) is 0.719. The average Bonchev–Trinajstić information content (AvgIpc) is 3.25. The standard InChI is InChI=1S/C19H21ClN5O3/c1-12(20)8-9-25-17(26)15-16(22(2)19(25)27)21-18-23(10-11-24(15)18)13-4-6-14(28-3)7-5-13/h4-8,15H,9-11H2,1-3H3/q+1/b12-8-. The van der Waals surface area contributed by atoms with Crippen LogP contribution in [0.1, 0.15) is 6.92 Å². The highest BCUT2D eigenvalue weighted by molar-refractivity contribution is 6.29. The molecule has 146 valence electrons. The fraction of sp³-hybridized carbons (Fsp3) is 0.368. The molecule has 1 fully saturated rings. The second-order valence-electron chi connectivity index (χ2n) is 6.80. The van der Waals surface area contributed by atoms with E-state index < -0.39 is 12.1 Å². The van der Waals surface area contributed by atoms with Crippen LogP contribution in [0.25, 0.3) is 0 Å². The number of hydrogen-bond donors (Lipinski definition) is 0. The maximum absolute atomic E-state index is 13.1.